The number of nitrogens with one attached hydrogen (secondary N) is 1. The monoisotopic (exact) mass is 948 g/mol. The number of aliphatic hydroxyl groups is 5. The number of hydrogen-bond acceptors (Lipinski definition) is 8. The van der Waals surface area contributed by atoms with E-state index in [1.807, 2.05) is 6.08 Å². The van der Waals surface area contributed by atoms with Crippen LogP contribution in [0, 0.1) is 0 Å². The summed E-state index contributed by atoms with van der Waals surface area (Å²) in [6.45, 7) is 3.79. The molecule has 0 aromatic heterocycles. The first-order valence-electron chi connectivity index (χ1n) is 28.7. The van der Waals surface area contributed by atoms with Gasteiger partial charge in [0.05, 0.1) is 25.4 Å². The molecule has 0 spiro atoms. The van der Waals surface area contributed by atoms with Gasteiger partial charge in [0, 0.05) is 6.42 Å². The van der Waals surface area contributed by atoms with Crippen LogP contribution in [0.25, 0.3) is 0 Å². The molecule has 0 aromatic carbocycles. The largest absolute Gasteiger partial charge is 0.394 e. The third-order valence-electron chi connectivity index (χ3n) is 13.7. The fourth-order valence-corrected chi connectivity index (χ4v) is 9.13. The lowest BCUT2D eigenvalue weighted by Gasteiger charge is -2.40. The maximum atomic E-state index is 13.0. The van der Waals surface area contributed by atoms with E-state index in [4.69, 9.17) is 9.47 Å². The van der Waals surface area contributed by atoms with Crippen molar-refractivity contribution in [2.45, 2.75) is 314 Å². The molecule has 0 saturated carbocycles. The molecule has 0 aromatic rings. The van der Waals surface area contributed by atoms with Gasteiger partial charge in [0.15, 0.2) is 6.29 Å². The van der Waals surface area contributed by atoms with Gasteiger partial charge < -0.3 is 40.3 Å². The Labute approximate surface area is 412 Å². The minimum atomic E-state index is -1.57. The summed E-state index contributed by atoms with van der Waals surface area (Å²) < 4.78 is 11.2. The van der Waals surface area contributed by atoms with Crippen molar-refractivity contribution in [3.63, 3.8) is 0 Å². The first kappa shape index (κ1) is 63.4. The Balaban J connectivity index is 2.14. The van der Waals surface area contributed by atoms with Crippen LogP contribution >= 0.6 is 0 Å². The van der Waals surface area contributed by atoms with E-state index in [1.54, 1.807) is 6.08 Å². The van der Waals surface area contributed by atoms with Crippen molar-refractivity contribution in [1.29, 1.82) is 0 Å². The Bertz CT molecular complexity index is 1150. The van der Waals surface area contributed by atoms with Crippen LogP contribution in [0.4, 0.5) is 0 Å². The number of carbonyl (C=O) groups excluding carboxylic acids is 1. The van der Waals surface area contributed by atoms with Crippen LogP contribution in [0.5, 0.6) is 0 Å². The number of carbonyl (C=O) groups is 1. The molecule has 0 bridgehead atoms. The summed E-state index contributed by atoms with van der Waals surface area (Å²) in [5, 5.41) is 54.4. The van der Waals surface area contributed by atoms with E-state index in [2.05, 4.69) is 43.5 Å². The zero-order valence-corrected chi connectivity index (χ0v) is 43.7. The number of unbranched alkanes of at least 4 members (excludes halogenated alkanes) is 35. The van der Waals surface area contributed by atoms with Crippen LogP contribution in [-0.2, 0) is 14.3 Å². The molecule has 67 heavy (non-hydrogen) atoms. The maximum Gasteiger partial charge on any atom is 0.220 e. The van der Waals surface area contributed by atoms with Crippen LogP contribution < -0.4 is 5.32 Å². The molecule has 6 N–H and O–H groups in total. The highest BCUT2D eigenvalue weighted by atomic mass is 16.7. The molecule has 1 amide bonds. The topological polar surface area (TPSA) is 149 Å². The summed E-state index contributed by atoms with van der Waals surface area (Å²) in [6.07, 6.45) is 55.1. The van der Waals surface area contributed by atoms with Crippen molar-refractivity contribution < 1.29 is 39.8 Å². The second-order valence-electron chi connectivity index (χ2n) is 20.1. The van der Waals surface area contributed by atoms with Gasteiger partial charge in [0.1, 0.15) is 24.4 Å². The van der Waals surface area contributed by atoms with Gasteiger partial charge in [0.25, 0.3) is 0 Å². The summed E-state index contributed by atoms with van der Waals surface area (Å²) >= 11 is 0. The average Bonchev–Trinajstić information content (AvgIpc) is 3.33. The first-order chi connectivity index (χ1) is 32.8. The fourth-order valence-electron chi connectivity index (χ4n) is 9.13. The van der Waals surface area contributed by atoms with Crippen LogP contribution in [0.15, 0.2) is 36.5 Å². The van der Waals surface area contributed by atoms with Crippen molar-refractivity contribution >= 4 is 5.91 Å². The van der Waals surface area contributed by atoms with E-state index >= 15 is 0 Å². The SMILES string of the molecule is CCCCCCCCCCC/C=C\C/C=C\CCCCCCCCCCCCCCCCCC(=O)NC(COC1OC(CO)C(O)C(O)C1O)C(O)/C=C/CCCCCCCCCCCCC. The Morgan fingerprint density at radius 3 is 1.28 bits per heavy atom. The van der Waals surface area contributed by atoms with Gasteiger partial charge in [-0.05, 0) is 51.4 Å². The standard InChI is InChI=1S/C58H109NO8/c1-3-5-7-9-11-13-15-17-18-19-20-21-22-23-24-25-26-27-28-29-30-31-32-33-34-36-38-40-42-44-46-48-54(62)59-51(50-66-58-57(65)56(64)55(63)53(49-60)67-58)52(61)47-45-43-41-39-37-35-16-14-12-10-8-6-4-2/h20-21,23-24,45,47,51-53,55-58,60-61,63-65H,3-19,22,25-44,46,48-50H2,1-2H3,(H,59,62)/b21-20-,24-23-,47-45+. The smallest absolute Gasteiger partial charge is 0.220 e. The zero-order valence-electron chi connectivity index (χ0n) is 43.7. The Kier molecular flexibility index (Phi) is 45.5. The van der Waals surface area contributed by atoms with Crippen molar-refractivity contribution in [2.24, 2.45) is 0 Å². The third-order valence-corrected chi connectivity index (χ3v) is 13.7. The second-order valence-corrected chi connectivity index (χ2v) is 20.1. The number of hydrogen-bond donors (Lipinski definition) is 6. The molecule has 1 saturated heterocycles. The predicted molar refractivity (Wildman–Crippen MR) is 281 cm³/mol. The van der Waals surface area contributed by atoms with Gasteiger partial charge in [-0.1, -0.05) is 249 Å². The quantitative estimate of drug-likeness (QED) is 0.0261. The summed E-state index contributed by atoms with van der Waals surface area (Å²) in [6, 6.07) is -0.803. The van der Waals surface area contributed by atoms with Crippen LogP contribution in [0.3, 0.4) is 0 Å². The molecule has 1 aliphatic rings. The number of amides is 1. The van der Waals surface area contributed by atoms with Gasteiger partial charge in [-0.3, -0.25) is 4.79 Å². The number of allylic oxidation sites excluding steroid dienone is 5. The number of rotatable bonds is 49. The van der Waals surface area contributed by atoms with Gasteiger partial charge in [-0.25, -0.2) is 0 Å². The number of aliphatic hydroxyl groups excluding tert-OH is 5. The Morgan fingerprint density at radius 1 is 0.507 bits per heavy atom. The normalized spacial score (nSPS) is 19.9. The average molecular weight is 949 g/mol. The van der Waals surface area contributed by atoms with Crippen molar-refractivity contribution in [3.05, 3.63) is 36.5 Å². The molecule has 7 unspecified atom stereocenters. The van der Waals surface area contributed by atoms with Crippen molar-refractivity contribution in [2.75, 3.05) is 13.2 Å². The van der Waals surface area contributed by atoms with Crippen LogP contribution in [-0.4, -0.2) is 87.5 Å². The summed E-state index contributed by atoms with van der Waals surface area (Å²) in [7, 11) is 0. The highest BCUT2D eigenvalue weighted by Crippen LogP contribution is 2.23. The zero-order chi connectivity index (χ0) is 48.7. The summed E-state index contributed by atoms with van der Waals surface area (Å²) in [5.74, 6) is -0.175. The Morgan fingerprint density at radius 2 is 0.881 bits per heavy atom. The lowest BCUT2D eigenvalue weighted by atomic mass is 9.99. The van der Waals surface area contributed by atoms with E-state index in [1.165, 1.54) is 205 Å². The number of ether oxygens (including phenoxy) is 2. The van der Waals surface area contributed by atoms with Crippen molar-refractivity contribution in [1.82, 2.24) is 5.32 Å². The molecule has 0 aliphatic carbocycles. The highest BCUT2D eigenvalue weighted by molar-refractivity contribution is 5.76. The molecule has 1 heterocycles. The van der Waals surface area contributed by atoms with E-state index in [9.17, 15) is 30.3 Å². The highest BCUT2D eigenvalue weighted by Gasteiger charge is 2.44. The van der Waals surface area contributed by atoms with E-state index in [0.717, 1.165) is 44.9 Å². The van der Waals surface area contributed by atoms with Crippen LogP contribution in [0.2, 0.25) is 0 Å². The molecule has 9 nitrogen and oxygen atoms in total. The summed E-state index contributed by atoms with van der Waals surface area (Å²) in [4.78, 5) is 13.0. The minimum Gasteiger partial charge on any atom is -0.394 e. The molecule has 394 valence electrons. The molecule has 7 atom stereocenters. The molecule has 9 heteroatoms. The van der Waals surface area contributed by atoms with Gasteiger partial charge in [-0.15, -0.1) is 0 Å². The lowest BCUT2D eigenvalue weighted by molar-refractivity contribution is -0.302. The van der Waals surface area contributed by atoms with E-state index in [-0.39, 0.29) is 12.5 Å². The molecule has 0 radical (unpaired) electrons. The van der Waals surface area contributed by atoms with Crippen LogP contribution in [0.1, 0.15) is 271 Å². The van der Waals surface area contributed by atoms with E-state index < -0.39 is 49.5 Å². The molecular formula is C58H109NO8. The van der Waals surface area contributed by atoms with Gasteiger partial charge in [-0.2, -0.15) is 0 Å². The van der Waals surface area contributed by atoms with Gasteiger partial charge in [0.2, 0.25) is 5.91 Å². The summed E-state index contributed by atoms with van der Waals surface area (Å²) in [5.41, 5.74) is 0. The molecular weight excluding hydrogens is 839 g/mol. The van der Waals surface area contributed by atoms with Crippen molar-refractivity contribution in [3.8, 4) is 0 Å². The lowest BCUT2D eigenvalue weighted by Crippen LogP contribution is -2.60. The fraction of sp³-hybridized carbons (Fsp3) is 0.879. The predicted octanol–water partition coefficient (Wildman–Crippen LogP) is 14.0. The van der Waals surface area contributed by atoms with E-state index in [0.29, 0.717) is 6.42 Å². The molecule has 1 rings (SSSR count). The Hall–Kier alpha value is -1.59. The van der Waals surface area contributed by atoms with Gasteiger partial charge >= 0.3 is 0 Å². The maximum absolute atomic E-state index is 13.0. The molecule has 1 fully saturated rings. The first-order valence-corrected chi connectivity index (χ1v) is 28.7. The molecule has 1 aliphatic heterocycles. The third kappa shape index (κ3) is 37.9. The minimum absolute atomic E-state index is 0.175. The second kappa shape index (κ2) is 48.1.